The number of anilines is 1. The van der Waals surface area contributed by atoms with E-state index in [9.17, 15) is 4.79 Å². The Morgan fingerprint density at radius 1 is 1.38 bits per heavy atom. The molecule has 0 saturated heterocycles. The Balaban J connectivity index is 1.84. The van der Waals surface area contributed by atoms with E-state index in [1.165, 1.54) is 11.3 Å². The number of nitrogen functional groups attached to an aromatic ring is 1. The first-order valence-electron chi connectivity index (χ1n) is 6.35. The number of benzene rings is 1. The Kier molecular flexibility index (Phi) is 4.01. The quantitative estimate of drug-likeness (QED) is 0.700. The van der Waals surface area contributed by atoms with Gasteiger partial charge >= 0.3 is 0 Å². The summed E-state index contributed by atoms with van der Waals surface area (Å²) in [6.45, 7) is 2.52. The van der Waals surface area contributed by atoms with Gasteiger partial charge in [-0.15, -0.1) is 22.7 Å². The van der Waals surface area contributed by atoms with Gasteiger partial charge in [-0.1, -0.05) is 11.6 Å². The molecular weight excluding hydrogens is 368 g/mol. The second kappa shape index (κ2) is 5.79. The zero-order valence-electron chi connectivity index (χ0n) is 11.3. The van der Waals surface area contributed by atoms with E-state index in [1.54, 1.807) is 11.3 Å². The summed E-state index contributed by atoms with van der Waals surface area (Å²) in [5, 5.41) is 5.88. The molecule has 0 aliphatic carbocycles. The number of hydrogen-bond acceptors (Lipinski definition) is 4. The van der Waals surface area contributed by atoms with Crippen LogP contribution in [0.3, 0.4) is 0 Å². The van der Waals surface area contributed by atoms with Crippen LogP contribution in [0.15, 0.2) is 34.1 Å². The average Bonchev–Trinajstić information content (AvgIpc) is 3.01. The maximum absolute atomic E-state index is 12.3. The maximum atomic E-state index is 12.3. The summed E-state index contributed by atoms with van der Waals surface area (Å²) >= 11 is 6.51. The molecule has 3 aromatic rings. The molecule has 0 aliphatic heterocycles. The van der Waals surface area contributed by atoms with E-state index in [0.717, 1.165) is 25.0 Å². The number of fused-ring (bicyclic) bond motifs is 1. The van der Waals surface area contributed by atoms with Gasteiger partial charge in [-0.05, 0) is 46.4 Å². The minimum Gasteiger partial charge on any atom is -0.397 e. The number of carbonyl (C=O) groups excluding carboxylic acids is 1. The Bertz CT molecular complexity index is 822. The molecule has 3 nitrogen and oxygen atoms in total. The van der Waals surface area contributed by atoms with Crippen LogP contribution in [0.2, 0.25) is 0 Å². The van der Waals surface area contributed by atoms with E-state index in [4.69, 9.17) is 5.73 Å². The van der Waals surface area contributed by atoms with Crippen molar-refractivity contribution in [3.63, 3.8) is 0 Å². The van der Waals surface area contributed by atoms with E-state index in [-0.39, 0.29) is 5.91 Å². The van der Waals surface area contributed by atoms with E-state index >= 15 is 0 Å². The molecule has 2 heterocycles. The van der Waals surface area contributed by atoms with Gasteiger partial charge in [0.1, 0.15) is 4.88 Å². The summed E-state index contributed by atoms with van der Waals surface area (Å²) in [7, 11) is 0. The Labute approximate surface area is 138 Å². The standard InChI is InChI=1S/C15H13BrN2OS2/c1-8-2-3-11-9(6-8)13(17)14(21-11)15(19)18-7-12-10(16)4-5-20-12/h2-6H,7,17H2,1H3,(H,18,19). The molecule has 0 spiro atoms. The fourth-order valence-electron chi connectivity index (χ4n) is 2.09. The van der Waals surface area contributed by atoms with Gasteiger partial charge in [0.25, 0.3) is 5.91 Å². The lowest BCUT2D eigenvalue weighted by Crippen LogP contribution is -2.22. The monoisotopic (exact) mass is 380 g/mol. The van der Waals surface area contributed by atoms with Crippen molar-refractivity contribution in [2.24, 2.45) is 0 Å². The molecule has 0 radical (unpaired) electrons. The summed E-state index contributed by atoms with van der Waals surface area (Å²) in [5.74, 6) is -0.119. The number of thiophene rings is 2. The number of halogens is 1. The van der Waals surface area contributed by atoms with Gasteiger partial charge in [0.2, 0.25) is 0 Å². The van der Waals surface area contributed by atoms with Gasteiger partial charge in [0.05, 0.1) is 12.2 Å². The molecule has 0 fully saturated rings. The lowest BCUT2D eigenvalue weighted by molar-refractivity contribution is 0.0956. The minimum absolute atomic E-state index is 0.119. The number of carbonyl (C=O) groups is 1. The average molecular weight is 381 g/mol. The van der Waals surface area contributed by atoms with E-state index in [0.29, 0.717) is 17.1 Å². The van der Waals surface area contributed by atoms with Crippen LogP contribution in [0, 0.1) is 6.92 Å². The maximum Gasteiger partial charge on any atom is 0.263 e. The number of nitrogens with one attached hydrogen (secondary N) is 1. The van der Waals surface area contributed by atoms with Crippen LogP contribution in [0.25, 0.3) is 10.1 Å². The van der Waals surface area contributed by atoms with Gasteiger partial charge in [-0.3, -0.25) is 4.79 Å². The molecule has 0 unspecified atom stereocenters. The molecule has 1 aromatic carbocycles. The van der Waals surface area contributed by atoms with E-state index in [1.807, 2.05) is 36.6 Å². The zero-order valence-corrected chi connectivity index (χ0v) is 14.5. The summed E-state index contributed by atoms with van der Waals surface area (Å²) in [5.41, 5.74) is 7.84. The van der Waals surface area contributed by atoms with Crippen LogP contribution in [0.1, 0.15) is 20.1 Å². The topological polar surface area (TPSA) is 55.1 Å². The van der Waals surface area contributed by atoms with Crippen molar-refractivity contribution < 1.29 is 4.79 Å². The van der Waals surface area contributed by atoms with Crippen molar-refractivity contribution in [3.05, 3.63) is 49.4 Å². The van der Waals surface area contributed by atoms with Crippen molar-refractivity contribution in [1.82, 2.24) is 5.32 Å². The van der Waals surface area contributed by atoms with Gasteiger partial charge in [-0.25, -0.2) is 0 Å². The van der Waals surface area contributed by atoms with Crippen molar-refractivity contribution in [2.75, 3.05) is 5.73 Å². The predicted octanol–water partition coefficient (Wildman–Crippen LogP) is 4.55. The largest absolute Gasteiger partial charge is 0.397 e. The molecule has 3 N–H and O–H groups in total. The fourth-order valence-corrected chi connectivity index (χ4v) is 4.54. The third kappa shape index (κ3) is 2.84. The first-order valence-corrected chi connectivity index (χ1v) is 8.84. The predicted molar refractivity (Wildman–Crippen MR) is 94.2 cm³/mol. The first-order chi connectivity index (χ1) is 10.1. The Morgan fingerprint density at radius 3 is 2.90 bits per heavy atom. The van der Waals surface area contributed by atoms with Crippen molar-refractivity contribution in [1.29, 1.82) is 0 Å². The Morgan fingerprint density at radius 2 is 2.19 bits per heavy atom. The molecule has 0 aliphatic rings. The normalized spacial score (nSPS) is 11.0. The second-order valence-electron chi connectivity index (χ2n) is 4.72. The summed E-state index contributed by atoms with van der Waals surface area (Å²) in [6.07, 6.45) is 0. The van der Waals surface area contributed by atoms with Crippen LogP contribution in [-0.2, 0) is 6.54 Å². The minimum atomic E-state index is -0.119. The second-order valence-corrected chi connectivity index (χ2v) is 7.63. The van der Waals surface area contributed by atoms with Crippen LogP contribution in [0.5, 0.6) is 0 Å². The summed E-state index contributed by atoms with van der Waals surface area (Å²) in [4.78, 5) is 14.0. The SMILES string of the molecule is Cc1ccc2sc(C(=O)NCc3sccc3Br)c(N)c2c1. The number of nitrogens with two attached hydrogens (primary N) is 1. The highest BCUT2D eigenvalue weighted by Gasteiger charge is 2.16. The smallest absolute Gasteiger partial charge is 0.263 e. The van der Waals surface area contributed by atoms with E-state index in [2.05, 4.69) is 21.2 Å². The first kappa shape index (κ1) is 14.6. The third-order valence-corrected chi connectivity index (χ3v) is 6.30. The molecule has 0 saturated carbocycles. The number of amides is 1. The molecule has 0 bridgehead atoms. The van der Waals surface area contributed by atoms with Crippen molar-refractivity contribution >= 4 is 60.3 Å². The fraction of sp³-hybridized carbons (Fsp3) is 0.133. The van der Waals surface area contributed by atoms with Gasteiger partial charge in [-0.2, -0.15) is 0 Å². The highest BCUT2D eigenvalue weighted by molar-refractivity contribution is 9.10. The molecule has 2 aromatic heterocycles. The van der Waals surface area contributed by atoms with Gasteiger partial charge in [0.15, 0.2) is 0 Å². The van der Waals surface area contributed by atoms with Crippen LogP contribution < -0.4 is 11.1 Å². The molecule has 3 rings (SSSR count). The highest BCUT2D eigenvalue weighted by atomic mass is 79.9. The van der Waals surface area contributed by atoms with Crippen molar-refractivity contribution in [3.8, 4) is 0 Å². The zero-order chi connectivity index (χ0) is 15.0. The van der Waals surface area contributed by atoms with E-state index < -0.39 is 0 Å². The molecule has 108 valence electrons. The van der Waals surface area contributed by atoms with Crippen molar-refractivity contribution in [2.45, 2.75) is 13.5 Å². The highest BCUT2D eigenvalue weighted by Crippen LogP contribution is 2.34. The van der Waals surface area contributed by atoms with Crippen LogP contribution >= 0.6 is 38.6 Å². The van der Waals surface area contributed by atoms with Gasteiger partial charge < -0.3 is 11.1 Å². The molecular formula is C15H13BrN2OS2. The number of aryl methyl sites for hydroxylation is 1. The van der Waals surface area contributed by atoms with Crippen LogP contribution in [-0.4, -0.2) is 5.91 Å². The molecule has 6 heteroatoms. The summed E-state index contributed by atoms with van der Waals surface area (Å²) < 4.78 is 2.06. The summed E-state index contributed by atoms with van der Waals surface area (Å²) in [6, 6.07) is 8.04. The molecule has 1 amide bonds. The molecule has 0 atom stereocenters. The number of hydrogen-bond donors (Lipinski definition) is 2. The lowest BCUT2D eigenvalue weighted by Gasteiger charge is -2.03. The third-order valence-electron chi connectivity index (χ3n) is 3.19. The molecule has 21 heavy (non-hydrogen) atoms. The van der Waals surface area contributed by atoms with Gasteiger partial charge in [0, 0.05) is 19.4 Å². The number of rotatable bonds is 3. The Hall–Kier alpha value is -1.37. The van der Waals surface area contributed by atoms with Crippen LogP contribution in [0.4, 0.5) is 5.69 Å². The lowest BCUT2D eigenvalue weighted by atomic mass is 10.1.